The molecule has 10 heteroatoms. The summed E-state index contributed by atoms with van der Waals surface area (Å²) in [5.74, 6) is -0.355. The Morgan fingerprint density at radius 1 is 1.08 bits per heavy atom. The highest BCUT2D eigenvalue weighted by molar-refractivity contribution is 5.98. The standard InChI is InChI=1S/C26H38N4O6/c1-16(2)15-36-26(34)28-13-17-4-6-18(7-5-17)24(32)30-14-20(27)12-22(30)23(31)29-21-10-8-19(9-11-21)25(33)35-3/h8-11,16-18,20,22H,4-7,12-15,27H2,1-3H3,(H,28,34)(H,29,31)/t17?,18?,20-,22-/m0/s1. The van der Waals surface area contributed by atoms with Gasteiger partial charge in [-0.05, 0) is 68.2 Å². The maximum atomic E-state index is 13.3. The normalized spacial score (nSPS) is 23.8. The Morgan fingerprint density at radius 2 is 1.75 bits per heavy atom. The number of esters is 1. The summed E-state index contributed by atoms with van der Waals surface area (Å²) in [5, 5.41) is 5.65. The lowest BCUT2D eigenvalue weighted by atomic mass is 9.81. The number of nitrogens with zero attached hydrogens (tertiary/aromatic N) is 1. The maximum Gasteiger partial charge on any atom is 0.407 e. The Balaban J connectivity index is 1.50. The predicted octanol–water partition coefficient (Wildman–Crippen LogP) is 2.53. The first kappa shape index (κ1) is 27.4. The molecule has 0 spiro atoms. The van der Waals surface area contributed by atoms with E-state index in [1.54, 1.807) is 29.2 Å². The smallest absolute Gasteiger partial charge is 0.407 e. The van der Waals surface area contributed by atoms with E-state index in [9.17, 15) is 19.2 Å². The zero-order valence-electron chi connectivity index (χ0n) is 21.3. The molecule has 198 valence electrons. The number of benzene rings is 1. The summed E-state index contributed by atoms with van der Waals surface area (Å²) in [6, 6.07) is 5.49. The first-order valence-corrected chi connectivity index (χ1v) is 12.6. The molecule has 1 aromatic carbocycles. The van der Waals surface area contributed by atoms with E-state index in [4.69, 9.17) is 10.5 Å². The van der Waals surface area contributed by atoms with Crippen LogP contribution in [0.5, 0.6) is 0 Å². The van der Waals surface area contributed by atoms with Crippen molar-refractivity contribution in [1.29, 1.82) is 0 Å². The summed E-state index contributed by atoms with van der Waals surface area (Å²) < 4.78 is 9.84. The van der Waals surface area contributed by atoms with Crippen LogP contribution in [0.1, 0.15) is 56.3 Å². The van der Waals surface area contributed by atoms with Crippen LogP contribution in [-0.2, 0) is 19.1 Å². The van der Waals surface area contributed by atoms with Crippen LogP contribution in [0.3, 0.4) is 0 Å². The van der Waals surface area contributed by atoms with Gasteiger partial charge in [-0.2, -0.15) is 0 Å². The Labute approximate surface area is 212 Å². The van der Waals surface area contributed by atoms with Gasteiger partial charge in [0.2, 0.25) is 11.8 Å². The number of alkyl carbamates (subject to hydrolysis) is 1. The molecule has 0 radical (unpaired) electrons. The van der Waals surface area contributed by atoms with E-state index >= 15 is 0 Å². The van der Waals surface area contributed by atoms with Crippen molar-refractivity contribution in [2.45, 2.75) is 58.0 Å². The van der Waals surface area contributed by atoms with Crippen molar-refractivity contribution in [2.75, 3.05) is 32.1 Å². The van der Waals surface area contributed by atoms with E-state index in [1.807, 2.05) is 13.8 Å². The van der Waals surface area contributed by atoms with Gasteiger partial charge in [0.15, 0.2) is 0 Å². The van der Waals surface area contributed by atoms with Crippen LogP contribution in [0.15, 0.2) is 24.3 Å². The molecule has 1 aromatic rings. The maximum absolute atomic E-state index is 13.3. The van der Waals surface area contributed by atoms with Gasteiger partial charge in [-0.15, -0.1) is 0 Å². The van der Waals surface area contributed by atoms with Gasteiger partial charge in [0.1, 0.15) is 6.04 Å². The quantitative estimate of drug-likeness (QED) is 0.464. The average molecular weight is 503 g/mol. The van der Waals surface area contributed by atoms with Gasteiger partial charge < -0.3 is 30.7 Å². The molecular formula is C26H38N4O6. The number of carbonyl (C=O) groups excluding carboxylic acids is 4. The molecule has 3 rings (SSSR count). The second-order valence-electron chi connectivity index (χ2n) is 10.2. The molecule has 1 saturated heterocycles. The molecule has 2 fully saturated rings. The fourth-order valence-corrected chi connectivity index (χ4v) is 4.76. The fraction of sp³-hybridized carbons (Fsp3) is 0.615. The first-order valence-electron chi connectivity index (χ1n) is 12.6. The average Bonchev–Trinajstić information content (AvgIpc) is 3.27. The highest BCUT2D eigenvalue weighted by atomic mass is 16.5. The molecule has 1 aliphatic heterocycles. The Hall–Kier alpha value is -3.14. The van der Waals surface area contributed by atoms with Crippen molar-refractivity contribution in [3.8, 4) is 0 Å². The molecule has 3 amide bonds. The lowest BCUT2D eigenvalue weighted by Gasteiger charge is -2.32. The second kappa shape index (κ2) is 12.7. The number of rotatable bonds is 8. The summed E-state index contributed by atoms with van der Waals surface area (Å²) >= 11 is 0. The molecule has 1 heterocycles. The van der Waals surface area contributed by atoms with Crippen molar-refractivity contribution >= 4 is 29.6 Å². The molecule has 0 aromatic heterocycles. The Kier molecular flexibility index (Phi) is 9.69. The van der Waals surface area contributed by atoms with Crippen LogP contribution in [0.2, 0.25) is 0 Å². The van der Waals surface area contributed by atoms with Gasteiger partial charge in [0, 0.05) is 30.7 Å². The molecule has 2 atom stereocenters. The Bertz CT molecular complexity index is 927. The second-order valence-corrected chi connectivity index (χ2v) is 10.2. The number of nitrogens with two attached hydrogens (primary N) is 1. The van der Waals surface area contributed by atoms with Crippen molar-refractivity contribution in [3.63, 3.8) is 0 Å². The molecule has 36 heavy (non-hydrogen) atoms. The lowest BCUT2D eigenvalue weighted by Crippen LogP contribution is -2.46. The van der Waals surface area contributed by atoms with Gasteiger partial charge in [-0.3, -0.25) is 9.59 Å². The fourth-order valence-electron chi connectivity index (χ4n) is 4.76. The van der Waals surface area contributed by atoms with E-state index in [1.165, 1.54) is 7.11 Å². The van der Waals surface area contributed by atoms with Gasteiger partial charge in [0.05, 0.1) is 19.3 Å². The molecule has 1 aliphatic carbocycles. The van der Waals surface area contributed by atoms with Gasteiger partial charge in [0.25, 0.3) is 0 Å². The van der Waals surface area contributed by atoms with E-state index < -0.39 is 18.1 Å². The minimum Gasteiger partial charge on any atom is -0.465 e. The molecule has 10 nitrogen and oxygen atoms in total. The number of methoxy groups -OCH3 is 1. The molecule has 0 unspecified atom stereocenters. The molecule has 1 saturated carbocycles. The van der Waals surface area contributed by atoms with Crippen molar-refractivity contribution in [2.24, 2.45) is 23.5 Å². The zero-order valence-corrected chi connectivity index (χ0v) is 21.3. The van der Waals surface area contributed by atoms with E-state index in [0.29, 0.717) is 56.1 Å². The Morgan fingerprint density at radius 3 is 2.36 bits per heavy atom. The number of ether oxygens (including phenoxy) is 2. The topological polar surface area (TPSA) is 140 Å². The molecule has 0 bridgehead atoms. The number of hydrogen-bond acceptors (Lipinski definition) is 7. The highest BCUT2D eigenvalue weighted by Gasteiger charge is 2.41. The van der Waals surface area contributed by atoms with Crippen LogP contribution in [-0.4, -0.2) is 67.7 Å². The van der Waals surface area contributed by atoms with Crippen LogP contribution < -0.4 is 16.4 Å². The number of nitrogens with one attached hydrogen (secondary N) is 2. The molecule has 2 aliphatic rings. The van der Waals surface area contributed by atoms with Crippen LogP contribution >= 0.6 is 0 Å². The predicted molar refractivity (Wildman–Crippen MR) is 134 cm³/mol. The van der Waals surface area contributed by atoms with Gasteiger partial charge in [-0.25, -0.2) is 9.59 Å². The number of amides is 3. The lowest BCUT2D eigenvalue weighted by molar-refractivity contribution is -0.141. The van der Waals surface area contributed by atoms with E-state index in [-0.39, 0.29) is 29.7 Å². The summed E-state index contributed by atoms with van der Waals surface area (Å²) in [6.07, 6.45) is 3.06. The monoisotopic (exact) mass is 502 g/mol. The minimum absolute atomic E-state index is 0.0353. The third-order valence-corrected chi connectivity index (χ3v) is 6.77. The van der Waals surface area contributed by atoms with E-state index in [2.05, 4.69) is 15.4 Å². The van der Waals surface area contributed by atoms with Crippen LogP contribution in [0, 0.1) is 17.8 Å². The third kappa shape index (κ3) is 7.43. The minimum atomic E-state index is -0.636. The summed E-state index contributed by atoms with van der Waals surface area (Å²) in [5.41, 5.74) is 7.05. The molecular weight excluding hydrogens is 464 g/mol. The van der Waals surface area contributed by atoms with Crippen molar-refractivity contribution in [1.82, 2.24) is 10.2 Å². The molecule has 4 N–H and O–H groups in total. The largest absolute Gasteiger partial charge is 0.465 e. The van der Waals surface area contributed by atoms with Crippen molar-refractivity contribution in [3.05, 3.63) is 29.8 Å². The first-order chi connectivity index (χ1) is 17.2. The number of anilines is 1. The SMILES string of the molecule is COC(=O)c1ccc(NC(=O)[C@@H]2C[C@H](N)CN2C(=O)C2CCC(CNC(=O)OCC(C)C)CC2)cc1. The van der Waals surface area contributed by atoms with Crippen LogP contribution in [0.4, 0.5) is 10.5 Å². The highest BCUT2D eigenvalue weighted by Crippen LogP contribution is 2.32. The number of likely N-dealkylation sites (tertiary alicyclic amines) is 1. The van der Waals surface area contributed by atoms with Gasteiger partial charge in [-0.1, -0.05) is 13.8 Å². The zero-order chi connectivity index (χ0) is 26.2. The third-order valence-electron chi connectivity index (χ3n) is 6.77. The summed E-state index contributed by atoms with van der Waals surface area (Å²) in [6.45, 7) is 5.24. The van der Waals surface area contributed by atoms with Crippen molar-refractivity contribution < 1.29 is 28.7 Å². The van der Waals surface area contributed by atoms with Gasteiger partial charge >= 0.3 is 12.1 Å². The summed E-state index contributed by atoms with van der Waals surface area (Å²) in [4.78, 5) is 51.4. The van der Waals surface area contributed by atoms with E-state index in [0.717, 1.165) is 12.8 Å². The number of hydrogen-bond donors (Lipinski definition) is 3. The summed E-state index contributed by atoms with van der Waals surface area (Å²) in [7, 11) is 1.31. The number of carbonyl (C=O) groups is 4. The van der Waals surface area contributed by atoms with Crippen LogP contribution in [0.25, 0.3) is 0 Å².